The van der Waals surface area contributed by atoms with Crippen molar-refractivity contribution in [3.05, 3.63) is 215 Å². The van der Waals surface area contributed by atoms with Gasteiger partial charge in [0.05, 0.1) is 33.8 Å². The van der Waals surface area contributed by atoms with E-state index >= 15 is 0 Å². The monoisotopic (exact) mass is 935 g/mol. The molecule has 1 saturated heterocycles. The van der Waals surface area contributed by atoms with Gasteiger partial charge >= 0.3 is 7.12 Å². The molecule has 2 unspecified atom stereocenters. The van der Waals surface area contributed by atoms with Crippen molar-refractivity contribution >= 4 is 56.5 Å². The Labute approximate surface area is 400 Å². The lowest BCUT2D eigenvalue weighted by molar-refractivity contribution is -0.00876. The molecule has 0 bridgehead atoms. The fourth-order valence-corrected chi connectivity index (χ4v) is 10.6. The molecule has 1 fully saturated rings. The van der Waals surface area contributed by atoms with Gasteiger partial charge in [-0.3, -0.25) is 0 Å². The standard InChI is InChI=1S/C59H47BBrN3O3/c1-58(2)59(3,67-60(66-58)45-16-13-15-40(34-45)41-29-31-53-55(35-41)65-54-23-12-11-22-52(54)64(53)47-17-5-4-6-18-47)37-38-24-26-39(27-25-38)56-49-20-9-10-21-51(49)62-57(63-56)44-32-42-14-7-8-19-48(42)50-36-46(61)30-28-43(50)33-44/h4-31,34-36,44H,32-33,37H2,1-3H3. The predicted octanol–water partition coefficient (Wildman–Crippen LogP) is 14.4. The zero-order chi connectivity index (χ0) is 45.3. The Morgan fingerprint density at radius 2 is 1.31 bits per heavy atom. The number of nitrogens with zero attached hydrogens (tertiary/aromatic N) is 3. The summed E-state index contributed by atoms with van der Waals surface area (Å²) in [5.74, 6) is 2.63. The summed E-state index contributed by atoms with van der Waals surface area (Å²) in [7, 11) is -0.538. The van der Waals surface area contributed by atoms with Crippen molar-refractivity contribution in [1.29, 1.82) is 0 Å². The third kappa shape index (κ3) is 7.54. The molecule has 67 heavy (non-hydrogen) atoms. The van der Waals surface area contributed by atoms with Gasteiger partial charge in [-0.2, -0.15) is 0 Å². The van der Waals surface area contributed by atoms with E-state index in [0.29, 0.717) is 6.42 Å². The number of para-hydroxylation sites is 4. The van der Waals surface area contributed by atoms with Gasteiger partial charge in [-0.25, -0.2) is 9.97 Å². The lowest BCUT2D eigenvalue weighted by atomic mass is 9.78. The maximum absolute atomic E-state index is 6.98. The van der Waals surface area contributed by atoms with Crippen LogP contribution in [0.2, 0.25) is 0 Å². The van der Waals surface area contributed by atoms with Crippen LogP contribution in [0.15, 0.2) is 193 Å². The van der Waals surface area contributed by atoms with Crippen LogP contribution in [-0.4, -0.2) is 28.3 Å². The van der Waals surface area contributed by atoms with Crippen LogP contribution in [-0.2, 0) is 28.6 Å². The number of hydrogen-bond donors (Lipinski definition) is 0. The van der Waals surface area contributed by atoms with Crippen LogP contribution >= 0.6 is 15.9 Å². The Bertz CT molecular complexity index is 3360. The minimum Gasteiger partial charge on any atom is -0.453 e. The predicted molar refractivity (Wildman–Crippen MR) is 275 cm³/mol. The van der Waals surface area contributed by atoms with Crippen LogP contribution in [0.4, 0.5) is 17.1 Å². The van der Waals surface area contributed by atoms with E-state index in [0.717, 1.165) is 90.4 Å². The van der Waals surface area contributed by atoms with Gasteiger partial charge in [0.15, 0.2) is 11.5 Å². The minimum absolute atomic E-state index is 0.123. The molecule has 0 spiro atoms. The maximum Gasteiger partial charge on any atom is 0.494 e. The lowest BCUT2D eigenvalue weighted by Crippen LogP contribution is -2.46. The first-order chi connectivity index (χ1) is 32.7. The zero-order valence-corrected chi connectivity index (χ0v) is 39.2. The van der Waals surface area contributed by atoms with Gasteiger partial charge < -0.3 is 18.9 Å². The van der Waals surface area contributed by atoms with Crippen molar-refractivity contribution in [2.75, 3.05) is 4.90 Å². The van der Waals surface area contributed by atoms with Crippen LogP contribution in [0.25, 0.3) is 44.4 Å². The molecule has 6 nitrogen and oxygen atoms in total. The fourth-order valence-electron chi connectivity index (χ4n) is 10.2. The third-order valence-electron chi connectivity index (χ3n) is 14.1. The first kappa shape index (κ1) is 41.6. The largest absolute Gasteiger partial charge is 0.494 e. The highest BCUT2D eigenvalue weighted by Crippen LogP contribution is 2.51. The average Bonchev–Trinajstić information content (AvgIpc) is 3.48. The smallest absolute Gasteiger partial charge is 0.453 e. The Balaban J connectivity index is 0.803. The molecule has 0 amide bonds. The molecule has 0 radical (unpaired) electrons. The molecule has 2 aliphatic heterocycles. The fraction of sp³-hybridized carbons (Fsp3) is 0.153. The van der Waals surface area contributed by atoms with Gasteiger partial charge in [-0.15, -0.1) is 0 Å². The molecule has 2 atom stereocenters. The summed E-state index contributed by atoms with van der Waals surface area (Å²) in [4.78, 5) is 12.9. The highest BCUT2D eigenvalue weighted by molar-refractivity contribution is 9.10. The molecule has 9 aromatic rings. The number of anilines is 3. The molecule has 8 heteroatoms. The summed E-state index contributed by atoms with van der Waals surface area (Å²) in [5, 5.41) is 1.05. The average molecular weight is 937 g/mol. The van der Waals surface area contributed by atoms with E-state index in [-0.39, 0.29) is 5.92 Å². The van der Waals surface area contributed by atoms with Gasteiger partial charge in [-0.1, -0.05) is 149 Å². The van der Waals surface area contributed by atoms with Crippen LogP contribution in [0.5, 0.6) is 11.5 Å². The number of ether oxygens (including phenoxy) is 1. The summed E-state index contributed by atoms with van der Waals surface area (Å²) in [6, 6.07) is 66.2. The van der Waals surface area contributed by atoms with Crippen molar-refractivity contribution < 1.29 is 14.0 Å². The Morgan fingerprint density at radius 3 is 2.18 bits per heavy atom. The third-order valence-corrected chi connectivity index (χ3v) is 14.6. The number of fused-ring (bicyclic) bond motifs is 6. The molecule has 3 aliphatic rings. The van der Waals surface area contributed by atoms with Crippen molar-refractivity contribution in [2.45, 2.75) is 57.2 Å². The normalized spacial score (nSPS) is 18.1. The maximum atomic E-state index is 6.98. The van der Waals surface area contributed by atoms with Gasteiger partial charge in [0.1, 0.15) is 5.82 Å². The van der Waals surface area contributed by atoms with Crippen molar-refractivity contribution in [3.63, 3.8) is 0 Å². The molecule has 1 aromatic heterocycles. The Kier molecular flexibility index (Phi) is 10.2. The van der Waals surface area contributed by atoms with E-state index in [1.54, 1.807) is 0 Å². The molecule has 326 valence electrons. The summed E-state index contributed by atoms with van der Waals surface area (Å²) in [6.45, 7) is 6.45. The van der Waals surface area contributed by atoms with Gasteiger partial charge in [0, 0.05) is 33.4 Å². The molecule has 0 saturated carbocycles. The summed E-state index contributed by atoms with van der Waals surface area (Å²) in [5.41, 5.74) is 14.3. The summed E-state index contributed by atoms with van der Waals surface area (Å²) in [6.07, 6.45) is 2.40. The van der Waals surface area contributed by atoms with E-state index < -0.39 is 18.3 Å². The number of hydrogen-bond acceptors (Lipinski definition) is 6. The van der Waals surface area contributed by atoms with Crippen molar-refractivity contribution in [1.82, 2.24) is 9.97 Å². The van der Waals surface area contributed by atoms with Crippen molar-refractivity contribution in [2.24, 2.45) is 0 Å². The topological polar surface area (TPSA) is 56.7 Å². The number of rotatable bonds is 7. The number of halogens is 1. The van der Waals surface area contributed by atoms with Crippen LogP contribution in [0.3, 0.4) is 0 Å². The number of aromatic nitrogens is 2. The van der Waals surface area contributed by atoms with Gasteiger partial charge in [-0.05, 0) is 133 Å². The van der Waals surface area contributed by atoms with Crippen LogP contribution < -0.4 is 15.1 Å². The van der Waals surface area contributed by atoms with Crippen LogP contribution in [0, 0.1) is 0 Å². The van der Waals surface area contributed by atoms with Crippen LogP contribution in [0.1, 0.15) is 49.2 Å². The zero-order valence-electron chi connectivity index (χ0n) is 37.6. The highest BCUT2D eigenvalue weighted by Gasteiger charge is 2.54. The quantitative estimate of drug-likeness (QED) is 0.148. The molecule has 8 aromatic carbocycles. The Hall–Kier alpha value is -6.84. The first-order valence-corrected chi connectivity index (χ1v) is 23.9. The van der Waals surface area contributed by atoms with E-state index in [9.17, 15) is 0 Å². The van der Waals surface area contributed by atoms with E-state index in [1.165, 1.54) is 27.8 Å². The van der Waals surface area contributed by atoms with E-state index in [4.69, 9.17) is 24.0 Å². The minimum atomic E-state index is -0.612. The van der Waals surface area contributed by atoms with E-state index in [1.807, 2.05) is 24.3 Å². The highest BCUT2D eigenvalue weighted by atomic mass is 79.9. The molecule has 3 heterocycles. The van der Waals surface area contributed by atoms with E-state index in [2.05, 4.69) is 205 Å². The Morgan fingerprint density at radius 1 is 0.597 bits per heavy atom. The lowest BCUT2D eigenvalue weighted by Gasteiger charge is -2.36. The first-order valence-electron chi connectivity index (χ1n) is 23.1. The molecular weight excluding hydrogens is 889 g/mol. The second-order valence-electron chi connectivity index (χ2n) is 18.7. The molecular formula is C59H47BBrN3O3. The number of benzene rings is 8. The second-order valence-corrected chi connectivity index (χ2v) is 19.7. The van der Waals surface area contributed by atoms with Crippen molar-refractivity contribution in [3.8, 4) is 45.0 Å². The summed E-state index contributed by atoms with van der Waals surface area (Å²) < 4.78 is 21.4. The second kappa shape index (κ2) is 16.5. The van der Waals surface area contributed by atoms with Gasteiger partial charge in [0.25, 0.3) is 0 Å². The van der Waals surface area contributed by atoms with Gasteiger partial charge in [0.2, 0.25) is 0 Å². The SMILES string of the molecule is CC1(C)OB(c2cccc(-c3ccc4c(c3)Oc3ccccc3N4c3ccccc3)c2)OC1(C)Cc1ccc(-c2nc(C3Cc4ccccc4-c4cc(Br)ccc4C3)nc3ccccc23)cc1. The summed E-state index contributed by atoms with van der Waals surface area (Å²) >= 11 is 3.73. The molecule has 1 aliphatic carbocycles. The molecule has 12 rings (SSSR count). The molecule has 0 N–H and O–H groups in total.